The summed E-state index contributed by atoms with van der Waals surface area (Å²) in [5, 5.41) is 12.8. The number of benzene rings is 2. The van der Waals surface area contributed by atoms with Crippen molar-refractivity contribution in [1.29, 1.82) is 0 Å². The molecule has 3 rings (SSSR count). The van der Waals surface area contributed by atoms with Gasteiger partial charge in [0.2, 0.25) is 0 Å². The Hall–Kier alpha value is -2.12. The summed E-state index contributed by atoms with van der Waals surface area (Å²) in [6, 6.07) is 10.6. The number of amides is 1. The van der Waals surface area contributed by atoms with E-state index in [0.717, 1.165) is 10.9 Å². The number of ether oxygens (including phenoxy) is 1. The molecule has 0 spiro atoms. The van der Waals surface area contributed by atoms with Gasteiger partial charge in [-0.05, 0) is 52.3 Å². The summed E-state index contributed by atoms with van der Waals surface area (Å²) in [4.78, 5) is 16.4. The molecule has 0 saturated carbocycles. The van der Waals surface area contributed by atoms with E-state index in [4.69, 9.17) is 4.74 Å². The molecule has 2 aromatic carbocycles. The van der Waals surface area contributed by atoms with Crippen molar-refractivity contribution >= 4 is 55.4 Å². The number of phenolic OH excluding ortho intramolecular Hbond substituents is 1. The molecular weight excluding hydrogens is 452 g/mol. The number of hydrogen-bond acceptors (Lipinski definition) is 4. The van der Waals surface area contributed by atoms with Crippen LogP contribution in [-0.2, 0) is 9.53 Å². The highest BCUT2D eigenvalue weighted by Gasteiger charge is 2.14. The smallest absolute Gasteiger partial charge is 0.290 e. The van der Waals surface area contributed by atoms with Crippen molar-refractivity contribution in [2.75, 3.05) is 11.9 Å². The molecule has 0 bridgehead atoms. The fraction of sp³-hybridized carbons (Fsp3) is 0.111. The van der Waals surface area contributed by atoms with Gasteiger partial charge in [0.15, 0.2) is 5.76 Å². The maximum atomic E-state index is 12.0. The van der Waals surface area contributed by atoms with Crippen LogP contribution in [0.4, 0.5) is 11.4 Å². The lowest BCUT2D eigenvalue weighted by Crippen LogP contribution is -2.14. The van der Waals surface area contributed by atoms with Crippen molar-refractivity contribution in [3.63, 3.8) is 0 Å². The molecule has 2 N–H and O–H groups in total. The van der Waals surface area contributed by atoms with Crippen LogP contribution in [0.2, 0.25) is 0 Å². The minimum Gasteiger partial charge on any atom is -0.506 e. The molecule has 128 valence electrons. The summed E-state index contributed by atoms with van der Waals surface area (Å²) < 4.78 is 6.64. The highest BCUT2D eigenvalue weighted by atomic mass is 79.9. The maximum Gasteiger partial charge on any atom is 0.290 e. The van der Waals surface area contributed by atoms with Crippen LogP contribution in [-0.4, -0.2) is 23.8 Å². The number of carbonyl (C=O) groups is 1. The fourth-order valence-electron chi connectivity index (χ4n) is 2.26. The van der Waals surface area contributed by atoms with Crippen LogP contribution in [0.15, 0.2) is 62.2 Å². The minimum atomic E-state index is -0.271. The predicted octanol–water partition coefficient (Wildman–Crippen LogP) is 4.91. The number of hydrogen-bond donors (Lipinski definition) is 2. The Balaban J connectivity index is 1.77. The van der Waals surface area contributed by atoms with Crippen LogP contribution < -0.4 is 5.32 Å². The van der Waals surface area contributed by atoms with E-state index in [2.05, 4.69) is 42.2 Å². The van der Waals surface area contributed by atoms with Crippen molar-refractivity contribution < 1.29 is 14.6 Å². The summed E-state index contributed by atoms with van der Waals surface area (Å²) in [5.41, 5.74) is 1.84. The summed E-state index contributed by atoms with van der Waals surface area (Å²) >= 11 is 6.66. The molecule has 0 atom stereocenters. The first kappa shape index (κ1) is 17.7. The van der Waals surface area contributed by atoms with Crippen LogP contribution in [0.5, 0.6) is 5.75 Å². The topological polar surface area (TPSA) is 70.9 Å². The van der Waals surface area contributed by atoms with E-state index < -0.39 is 0 Å². The molecule has 1 amide bonds. The molecule has 0 unspecified atom stereocenters. The summed E-state index contributed by atoms with van der Waals surface area (Å²) in [7, 11) is 0. The standard InChI is InChI=1S/C18H14Br2N2O3/c19-12-7-11(17(23)15(20)8-12)10-21-13-3-1-4-14(9-13)22-18(24)16-5-2-6-25-16/h1,3-5,7-10,23H,2,6H2,(H,22,24). The van der Waals surface area contributed by atoms with E-state index in [0.29, 0.717) is 33.8 Å². The van der Waals surface area contributed by atoms with Gasteiger partial charge < -0.3 is 15.2 Å². The zero-order valence-corrected chi connectivity index (χ0v) is 16.2. The summed E-state index contributed by atoms with van der Waals surface area (Å²) in [6.45, 7) is 0.540. The van der Waals surface area contributed by atoms with Crippen LogP contribution in [0, 0.1) is 0 Å². The average molecular weight is 466 g/mol. The van der Waals surface area contributed by atoms with Gasteiger partial charge in [-0.25, -0.2) is 0 Å². The Labute approximate surface area is 161 Å². The van der Waals surface area contributed by atoms with Crippen LogP contribution in [0.25, 0.3) is 0 Å². The second kappa shape index (κ2) is 7.84. The van der Waals surface area contributed by atoms with Gasteiger partial charge in [-0.2, -0.15) is 0 Å². The van der Waals surface area contributed by atoms with Crippen molar-refractivity contribution in [3.05, 3.63) is 62.7 Å². The second-order valence-corrected chi connectivity index (χ2v) is 7.06. The third-order valence-corrected chi connectivity index (χ3v) is 4.51. The van der Waals surface area contributed by atoms with Gasteiger partial charge in [-0.1, -0.05) is 22.0 Å². The number of rotatable bonds is 4. The normalized spacial score (nSPS) is 13.6. The maximum absolute atomic E-state index is 12.0. The Bertz CT molecular complexity index is 879. The Morgan fingerprint density at radius 2 is 2.12 bits per heavy atom. The van der Waals surface area contributed by atoms with E-state index in [-0.39, 0.29) is 11.7 Å². The molecule has 25 heavy (non-hydrogen) atoms. The summed E-state index contributed by atoms with van der Waals surface area (Å²) in [6.07, 6.45) is 4.08. The van der Waals surface area contributed by atoms with Crippen LogP contribution in [0.1, 0.15) is 12.0 Å². The molecule has 1 aliphatic heterocycles. The van der Waals surface area contributed by atoms with Gasteiger partial charge in [0.1, 0.15) is 5.75 Å². The van der Waals surface area contributed by atoms with E-state index >= 15 is 0 Å². The molecule has 0 saturated heterocycles. The highest BCUT2D eigenvalue weighted by Crippen LogP contribution is 2.31. The Morgan fingerprint density at radius 1 is 1.28 bits per heavy atom. The number of nitrogens with zero attached hydrogens (tertiary/aromatic N) is 1. The molecule has 1 aliphatic rings. The van der Waals surface area contributed by atoms with Crippen LogP contribution >= 0.6 is 31.9 Å². The number of aromatic hydroxyl groups is 1. The summed E-state index contributed by atoms with van der Waals surface area (Å²) in [5.74, 6) is 0.187. The average Bonchev–Trinajstić information content (AvgIpc) is 3.12. The molecule has 0 fully saturated rings. The first-order valence-corrected chi connectivity index (χ1v) is 9.08. The molecule has 0 aromatic heterocycles. The number of phenols is 1. The van der Waals surface area contributed by atoms with Gasteiger partial charge in [-0.3, -0.25) is 9.79 Å². The molecule has 0 radical (unpaired) electrons. The molecule has 7 heteroatoms. The fourth-order valence-corrected chi connectivity index (χ4v) is 3.52. The first-order chi connectivity index (χ1) is 12.0. The third kappa shape index (κ3) is 4.49. The lowest BCUT2D eigenvalue weighted by atomic mass is 10.2. The number of halogens is 2. The number of carbonyl (C=O) groups excluding carboxylic acids is 1. The quantitative estimate of drug-likeness (QED) is 0.630. The van der Waals surface area contributed by atoms with E-state index in [1.54, 1.807) is 42.6 Å². The molecule has 0 aliphatic carbocycles. The van der Waals surface area contributed by atoms with E-state index in [9.17, 15) is 9.90 Å². The third-order valence-electron chi connectivity index (χ3n) is 3.44. The van der Waals surface area contributed by atoms with Gasteiger partial charge in [0.25, 0.3) is 5.91 Å². The number of aliphatic imine (C=N–C) groups is 1. The van der Waals surface area contributed by atoms with Crippen LogP contribution in [0.3, 0.4) is 0 Å². The zero-order valence-electron chi connectivity index (χ0n) is 13.0. The molecule has 5 nitrogen and oxygen atoms in total. The van der Waals surface area contributed by atoms with Gasteiger partial charge in [-0.15, -0.1) is 0 Å². The largest absolute Gasteiger partial charge is 0.506 e. The van der Waals surface area contributed by atoms with Crippen molar-refractivity contribution in [2.24, 2.45) is 4.99 Å². The lowest BCUT2D eigenvalue weighted by Gasteiger charge is -2.07. The Kier molecular flexibility index (Phi) is 5.55. The van der Waals surface area contributed by atoms with E-state index in [1.807, 2.05) is 6.07 Å². The second-order valence-electron chi connectivity index (χ2n) is 5.29. The lowest BCUT2D eigenvalue weighted by molar-refractivity contribution is -0.115. The van der Waals surface area contributed by atoms with Crippen molar-refractivity contribution in [1.82, 2.24) is 0 Å². The number of nitrogens with one attached hydrogen (secondary N) is 1. The Morgan fingerprint density at radius 3 is 2.88 bits per heavy atom. The van der Waals surface area contributed by atoms with Crippen molar-refractivity contribution in [2.45, 2.75) is 6.42 Å². The highest BCUT2D eigenvalue weighted by molar-refractivity contribution is 9.11. The van der Waals surface area contributed by atoms with Crippen molar-refractivity contribution in [3.8, 4) is 5.75 Å². The predicted molar refractivity (Wildman–Crippen MR) is 104 cm³/mol. The SMILES string of the molecule is O=C(Nc1cccc(N=Cc2cc(Br)cc(Br)c2O)c1)C1=CCCO1. The van der Waals surface area contributed by atoms with Gasteiger partial charge in [0, 0.05) is 28.4 Å². The van der Waals surface area contributed by atoms with E-state index in [1.165, 1.54) is 0 Å². The van der Waals surface area contributed by atoms with Gasteiger partial charge in [0.05, 0.1) is 16.8 Å². The van der Waals surface area contributed by atoms with Gasteiger partial charge >= 0.3 is 0 Å². The monoisotopic (exact) mass is 464 g/mol. The minimum absolute atomic E-state index is 0.113. The molecule has 2 aromatic rings. The number of anilines is 1. The zero-order chi connectivity index (χ0) is 17.8. The molecular formula is C18H14Br2N2O3. The molecule has 1 heterocycles. The first-order valence-electron chi connectivity index (χ1n) is 7.49.